The van der Waals surface area contributed by atoms with Crippen LogP contribution in [-0.2, 0) is 0 Å². The first-order valence-electron chi connectivity index (χ1n) is 13.3. The van der Waals surface area contributed by atoms with Gasteiger partial charge in [0.25, 0.3) is 0 Å². The third-order valence-electron chi connectivity index (χ3n) is 6.56. The van der Waals surface area contributed by atoms with Crippen LogP contribution in [0, 0.1) is 0 Å². The van der Waals surface area contributed by atoms with Gasteiger partial charge in [-0.15, -0.1) is 0 Å². The van der Waals surface area contributed by atoms with Crippen LogP contribution in [0.25, 0.3) is 0 Å². The normalized spacial score (nSPS) is 18.4. The number of aliphatic imine (C=N–C) groups is 1. The first kappa shape index (κ1) is 24.7. The summed E-state index contributed by atoms with van der Waals surface area (Å²) in [6.07, 6.45) is 17.1. The zero-order valence-electron chi connectivity index (χ0n) is 20.5. The largest absolute Gasteiger partial charge is 0.493 e. The summed E-state index contributed by atoms with van der Waals surface area (Å²) in [6, 6.07) is 7.10. The first-order valence-corrected chi connectivity index (χ1v) is 13.3. The van der Waals surface area contributed by atoms with Gasteiger partial charge in [-0.3, -0.25) is 0 Å². The number of guanidine groups is 1. The number of unbranched alkanes of at least 4 members (excludes halogenated alkanes) is 2. The van der Waals surface area contributed by atoms with Gasteiger partial charge in [-0.05, 0) is 50.7 Å². The Balaban J connectivity index is 1.75. The first-order chi connectivity index (χ1) is 15.8. The molecular formula is C27H45N3O2. The fourth-order valence-corrected chi connectivity index (χ4v) is 4.54. The molecule has 3 rings (SSSR count). The highest BCUT2D eigenvalue weighted by molar-refractivity contribution is 5.95. The summed E-state index contributed by atoms with van der Waals surface area (Å²) < 4.78 is 12.1. The minimum atomic E-state index is 0.420. The van der Waals surface area contributed by atoms with Crippen LogP contribution in [0.1, 0.15) is 104 Å². The number of rotatable bonds is 11. The van der Waals surface area contributed by atoms with E-state index in [1.807, 2.05) is 12.1 Å². The molecule has 0 radical (unpaired) electrons. The Morgan fingerprint density at radius 3 is 2.22 bits per heavy atom. The van der Waals surface area contributed by atoms with Crippen LogP contribution in [0.5, 0.6) is 11.5 Å². The van der Waals surface area contributed by atoms with Crippen molar-refractivity contribution >= 4 is 11.6 Å². The van der Waals surface area contributed by atoms with Gasteiger partial charge in [0.15, 0.2) is 5.96 Å². The topological polar surface area (TPSA) is 54.9 Å². The van der Waals surface area contributed by atoms with E-state index in [9.17, 15) is 0 Å². The highest BCUT2D eigenvalue weighted by atomic mass is 16.5. The van der Waals surface area contributed by atoms with E-state index in [2.05, 4.69) is 30.5 Å². The molecule has 180 valence electrons. The number of hydrogen-bond donors (Lipinski definition) is 2. The Morgan fingerprint density at radius 1 is 0.875 bits per heavy atom. The number of nitrogens with zero attached hydrogens (tertiary/aromatic N) is 1. The van der Waals surface area contributed by atoms with Gasteiger partial charge in [0.2, 0.25) is 0 Å². The molecule has 1 aromatic rings. The Labute approximate surface area is 195 Å². The third kappa shape index (κ3) is 8.55. The van der Waals surface area contributed by atoms with Crippen molar-refractivity contribution in [1.82, 2.24) is 5.32 Å². The standard InChI is InChI=1S/C27H45N3O2/c1-3-5-19-31-24-17-18-25(26(21-24)32-20-6-4-2)30-27(28-22-13-9-7-10-14-22)29-23-15-11-8-12-16-23/h17-18,21-23H,3-16,19-20H2,1-2H3,(H2,28,29,30). The van der Waals surface area contributed by atoms with Gasteiger partial charge >= 0.3 is 0 Å². The summed E-state index contributed by atoms with van der Waals surface area (Å²) in [5.74, 6) is 2.65. The second-order valence-electron chi connectivity index (χ2n) is 9.44. The smallest absolute Gasteiger partial charge is 0.196 e. The van der Waals surface area contributed by atoms with Crippen molar-refractivity contribution in [2.45, 2.75) is 116 Å². The van der Waals surface area contributed by atoms with Crippen molar-refractivity contribution in [3.8, 4) is 11.5 Å². The molecule has 0 atom stereocenters. The number of benzene rings is 1. The van der Waals surface area contributed by atoms with Crippen LogP contribution in [0.2, 0.25) is 0 Å². The molecular weight excluding hydrogens is 398 g/mol. The molecule has 32 heavy (non-hydrogen) atoms. The van der Waals surface area contributed by atoms with Crippen LogP contribution >= 0.6 is 0 Å². The predicted molar refractivity (Wildman–Crippen MR) is 135 cm³/mol. The Kier molecular flexibility index (Phi) is 11.0. The Hall–Kier alpha value is -1.91. The molecule has 0 aromatic heterocycles. The Morgan fingerprint density at radius 2 is 1.53 bits per heavy atom. The summed E-state index contributed by atoms with van der Waals surface area (Å²) in [6.45, 7) is 5.84. The van der Waals surface area contributed by atoms with E-state index in [0.717, 1.165) is 62.0 Å². The predicted octanol–water partition coefficient (Wildman–Crippen LogP) is 7.07. The number of nitrogens with one attached hydrogen (secondary N) is 2. The molecule has 0 saturated heterocycles. The van der Waals surface area contributed by atoms with Gasteiger partial charge in [-0.25, -0.2) is 4.99 Å². The molecule has 2 aliphatic rings. The second-order valence-corrected chi connectivity index (χ2v) is 9.44. The van der Waals surface area contributed by atoms with Crippen molar-refractivity contribution < 1.29 is 9.47 Å². The minimum absolute atomic E-state index is 0.420. The van der Waals surface area contributed by atoms with Crippen molar-refractivity contribution in [2.24, 2.45) is 4.99 Å². The molecule has 0 spiro atoms. The van der Waals surface area contributed by atoms with Crippen LogP contribution in [0.3, 0.4) is 0 Å². The van der Waals surface area contributed by atoms with Crippen LogP contribution in [0.15, 0.2) is 23.2 Å². The summed E-state index contributed by atoms with van der Waals surface area (Å²) in [4.78, 5) is 5.15. The number of anilines is 1. The minimum Gasteiger partial charge on any atom is -0.493 e. The molecule has 2 saturated carbocycles. The molecule has 0 bridgehead atoms. The van der Waals surface area contributed by atoms with E-state index in [4.69, 9.17) is 14.5 Å². The maximum Gasteiger partial charge on any atom is 0.196 e. The zero-order chi connectivity index (χ0) is 22.4. The molecule has 2 fully saturated rings. The maximum atomic E-state index is 6.18. The van der Waals surface area contributed by atoms with Gasteiger partial charge < -0.3 is 20.1 Å². The van der Waals surface area contributed by atoms with E-state index < -0.39 is 0 Å². The van der Waals surface area contributed by atoms with Gasteiger partial charge in [0.1, 0.15) is 11.5 Å². The summed E-state index contributed by atoms with van der Waals surface area (Å²) in [5.41, 5.74) is 0.974. The highest BCUT2D eigenvalue weighted by Gasteiger charge is 2.19. The van der Waals surface area contributed by atoms with E-state index >= 15 is 0 Å². The van der Waals surface area contributed by atoms with E-state index in [1.165, 1.54) is 64.2 Å². The van der Waals surface area contributed by atoms with Crippen molar-refractivity contribution in [2.75, 3.05) is 18.5 Å². The summed E-state index contributed by atoms with van der Waals surface area (Å²) in [7, 11) is 0. The van der Waals surface area contributed by atoms with E-state index in [1.54, 1.807) is 0 Å². The molecule has 0 amide bonds. The van der Waals surface area contributed by atoms with Crippen molar-refractivity contribution in [3.63, 3.8) is 0 Å². The summed E-state index contributed by atoms with van der Waals surface area (Å²) >= 11 is 0. The van der Waals surface area contributed by atoms with Crippen LogP contribution < -0.4 is 20.1 Å². The lowest BCUT2D eigenvalue weighted by Crippen LogP contribution is -2.41. The molecule has 0 heterocycles. The van der Waals surface area contributed by atoms with Gasteiger partial charge in [-0.1, -0.05) is 65.2 Å². The van der Waals surface area contributed by atoms with Gasteiger partial charge in [0, 0.05) is 12.1 Å². The lowest BCUT2D eigenvalue weighted by atomic mass is 9.95. The third-order valence-corrected chi connectivity index (χ3v) is 6.56. The molecule has 2 N–H and O–H groups in total. The average molecular weight is 444 g/mol. The van der Waals surface area contributed by atoms with Crippen molar-refractivity contribution in [3.05, 3.63) is 18.2 Å². The monoisotopic (exact) mass is 443 g/mol. The summed E-state index contributed by atoms with van der Waals surface area (Å²) in [5, 5.41) is 7.38. The van der Waals surface area contributed by atoms with Crippen LogP contribution in [0.4, 0.5) is 5.69 Å². The number of hydrogen-bond acceptors (Lipinski definition) is 3. The lowest BCUT2D eigenvalue weighted by molar-refractivity contribution is 0.295. The molecule has 5 nitrogen and oxygen atoms in total. The van der Waals surface area contributed by atoms with E-state index in [0.29, 0.717) is 12.1 Å². The quantitative estimate of drug-likeness (QED) is 0.218. The zero-order valence-corrected chi connectivity index (χ0v) is 20.5. The molecule has 5 heteroatoms. The maximum absolute atomic E-state index is 6.18. The van der Waals surface area contributed by atoms with Gasteiger partial charge in [-0.2, -0.15) is 0 Å². The fourth-order valence-electron chi connectivity index (χ4n) is 4.54. The fraction of sp³-hybridized carbons (Fsp3) is 0.741. The van der Waals surface area contributed by atoms with Gasteiger partial charge in [0.05, 0.1) is 24.9 Å². The second kappa shape index (κ2) is 14.3. The van der Waals surface area contributed by atoms with E-state index in [-0.39, 0.29) is 0 Å². The molecule has 1 aromatic carbocycles. The van der Waals surface area contributed by atoms with Crippen LogP contribution in [-0.4, -0.2) is 31.3 Å². The highest BCUT2D eigenvalue weighted by Crippen LogP contribution is 2.31. The molecule has 0 unspecified atom stereocenters. The average Bonchev–Trinajstić information content (AvgIpc) is 2.82. The Bertz CT molecular complexity index is 679. The molecule has 2 aliphatic carbocycles. The number of ether oxygens (including phenoxy) is 2. The SMILES string of the molecule is CCCCOc1ccc(NC(=NC2CCCCC2)NC2CCCCC2)c(OCCCC)c1. The lowest BCUT2D eigenvalue weighted by Gasteiger charge is -2.27. The molecule has 0 aliphatic heterocycles. The van der Waals surface area contributed by atoms with Crippen molar-refractivity contribution in [1.29, 1.82) is 0 Å².